The minimum atomic E-state index is -3.03. The van der Waals surface area contributed by atoms with Gasteiger partial charge in [-0.15, -0.1) is 0 Å². The number of benzene rings is 1. The first-order valence-electron chi connectivity index (χ1n) is 5.99. The van der Waals surface area contributed by atoms with E-state index in [1.54, 1.807) is 7.05 Å². The Morgan fingerprint density at radius 1 is 1.55 bits per heavy atom. The van der Waals surface area contributed by atoms with Gasteiger partial charge in [-0.2, -0.15) is 5.26 Å². The monoisotopic (exact) mass is 346 g/mol. The van der Waals surface area contributed by atoms with Crippen LogP contribution in [0, 0.1) is 11.3 Å². The lowest BCUT2D eigenvalue weighted by Gasteiger charge is -2.36. The van der Waals surface area contributed by atoms with E-state index >= 15 is 0 Å². The van der Waals surface area contributed by atoms with Crippen LogP contribution in [0.15, 0.2) is 16.6 Å². The maximum atomic E-state index is 13.9. The summed E-state index contributed by atoms with van der Waals surface area (Å²) in [4.78, 5) is 1.52. The van der Waals surface area contributed by atoms with E-state index in [0.29, 0.717) is 11.0 Å². The van der Waals surface area contributed by atoms with Crippen LogP contribution in [0.3, 0.4) is 0 Å². The molecule has 1 aromatic rings. The highest BCUT2D eigenvalue weighted by atomic mass is 79.9. The summed E-state index contributed by atoms with van der Waals surface area (Å²) in [6, 6.07) is 4.61. The maximum Gasteiger partial charge on any atom is 0.296 e. The molecule has 0 amide bonds. The number of hydrogen-bond donors (Lipinski definition) is 1. The van der Waals surface area contributed by atoms with Crippen molar-refractivity contribution >= 4 is 15.9 Å². The number of likely N-dealkylation sites (tertiary alicyclic amines) is 1. The topological polar surface area (TPSA) is 56.5 Å². The van der Waals surface area contributed by atoms with Crippen LogP contribution >= 0.6 is 15.9 Å². The number of ether oxygens (including phenoxy) is 1. The largest absolute Gasteiger partial charge is 0.504 e. The van der Waals surface area contributed by atoms with Gasteiger partial charge in [0.2, 0.25) is 0 Å². The third-order valence-electron chi connectivity index (χ3n) is 3.18. The molecule has 0 spiro atoms. The van der Waals surface area contributed by atoms with Crippen molar-refractivity contribution in [2.24, 2.45) is 0 Å². The predicted octanol–water partition coefficient (Wildman–Crippen LogP) is 2.74. The Kier molecular flexibility index (Phi) is 4.16. The quantitative estimate of drug-likeness (QED) is 0.894. The maximum absolute atomic E-state index is 13.9. The second-order valence-corrected chi connectivity index (χ2v) is 5.63. The Hall–Kier alpha value is -1.39. The van der Waals surface area contributed by atoms with Crippen LogP contribution in [0.5, 0.6) is 11.5 Å². The first-order valence-corrected chi connectivity index (χ1v) is 6.79. The minimum absolute atomic E-state index is 0.0136. The van der Waals surface area contributed by atoms with Crippen LogP contribution in [-0.2, 0) is 0 Å². The summed E-state index contributed by atoms with van der Waals surface area (Å²) in [5.74, 6) is -3.55. The summed E-state index contributed by atoms with van der Waals surface area (Å²) in [6.07, 6.45) is -1.23. The summed E-state index contributed by atoms with van der Waals surface area (Å²) < 4.78 is 33.5. The first-order chi connectivity index (χ1) is 9.35. The molecular weight excluding hydrogens is 334 g/mol. The molecule has 0 aromatic heterocycles. The molecule has 0 bridgehead atoms. The number of nitrogens with zero attached hydrogens (tertiary/aromatic N) is 2. The average Bonchev–Trinajstić information content (AvgIpc) is 2.36. The SMILES string of the molecule is CN1CCC(Oc2c(O)ccc(Br)c2C#N)C(F)(F)C1. The van der Waals surface area contributed by atoms with Crippen molar-refractivity contribution in [2.75, 3.05) is 20.1 Å². The van der Waals surface area contributed by atoms with Crippen LogP contribution < -0.4 is 4.74 Å². The molecule has 0 saturated carbocycles. The highest BCUT2D eigenvalue weighted by molar-refractivity contribution is 9.10. The van der Waals surface area contributed by atoms with Crippen molar-refractivity contribution < 1.29 is 18.6 Å². The van der Waals surface area contributed by atoms with Gasteiger partial charge in [-0.25, -0.2) is 8.78 Å². The van der Waals surface area contributed by atoms with Gasteiger partial charge in [0.05, 0.1) is 6.54 Å². The first kappa shape index (κ1) is 15.0. The van der Waals surface area contributed by atoms with E-state index in [4.69, 9.17) is 10.00 Å². The van der Waals surface area contributed by atoms with E-state index < -0.39 is 18.6 Å². The molecule has 1 aliphatic heterocycles. The molecule has 7 heteroatoms. The van der Waals surface area contributed by atoms with Gasteiger partial charge in [0.15, 0.2) is 17.6 Å². The van der Waals surface area contributed by atoms with Crippen molar-refractivity contribution in [3.8, 4) is 17.6 Å². The minimum Gasteiger partial charge on any atom is -0.504 e. The number of nitriles is 1. The standard InChI is InChI=1S/C13H13BrF2N2O2/c1-18-5-4-11(13(15,16)7-18)20-12-8(6-17)9(14)2-3-10(12)19/h2-3,11,19H,4-5,7H2,1H3. The second kappa shape index (κ2) is 5.54. The number of aromatic hydroxyl groups is 1. The summed E-state index contributed by atoms with van der Waals surface area (Å²) in [6.45, 7) is 0.0607. The van der Waals surface area contributed by atoms with Crippen molar-refractivity contribution in [1.82, 2.24) is 4.90 Å². The molecule has 0 radical (unpaired) electrons. The molecule has 108 valence electrons. The Morgan fingerprint density at radius 3 is 2.85 bits per heavy atom. The van der Waals surface area contributed by atoms with Gasteiger partial charge in [0.25, 0.3) is 5.92 Å². The van der Waals surface area contributed by atoms with Crippen LogP contribution in [-0.4, -0.2) is 42.2 Å². The molecule has 1 aliphatic rings. The van der Waals surface area contributed by atoms with E-state index in [9.17, 15) is 13.9 Å². The molecule has 1 heterocycles. The van der Waals surface area contributed by atoms with Gasteiger partial charge in [-0.1, -0.05) is 0 Å². The number of halogens is 3. The third kappa shape index (κ3) is 2.86. The highest BCUT2D eigenvalue weighted by Crippen LogP contribution is 2.39. The van der Waals surface area contributed by atoms with Crippen molar-refractivity contribution in [3.63, 3.8) is 0 Å². The smallest absolute Gasteiger partial charge is 0.296 e. The number of phenols is 1. The molecule has 1 saturated heterocycles. The number of piperidine rings is 1. The summed E-state index contributed by atoms with van der Waals surface area (Å²) in [5, 5.41) is 18.8. The van der Waals surface area contributed by atoms with Crippen molar-refractivity contribution in [2.45, 2.75) is 18.4 Å². The van der Waals surface area contributed by atoms with E-state index in [-0.39, 0.29) is 23.5 Å². The molecule has 1 N–H and O–H groups in total. The normalized spacial score (nSPS) is 22.2. The lowest BCUT2D eigenvalue weighted by molar-refractivity contribution is -0.135. The van der Waals surface area contributed by atoms with Gasteiger partial charge in [0, 0.05) is 17.4 Å². The van der Waals surface area contributed by atoms with Crippen LogP contribution in [0.25, 0.3) is 0 Å². The Balaban J connectivity index is 2.31. The molecular formula is C13H13BrF2N2O2. The van der Waals surface area contributed by atoms with Gasteiger partial charge in [0.1, 0.15) is 11.6 Å². The van der Waals surface area contributed by atoms with Gasteiger partial charge < -0.3 is 14.7 Å². The highest BCUT2D eigenvalue weighted by Gasteiger charge is 2.46. The van der Waals surface area contributed by atoms with Crippen LogP contribution in [0.4, 0.5) is 8.78 Å². The summed E-state index contributed by atoms with van der Waals surface area (Å²) in [7, 11) is 1.61. The van der Waals surface area contributed by atoms with Crippen molar-refractivity contribution in [1.29, 1.82) is 5.26 Å². The van der Waals surface area contributed by atoms with Gasteiger partial charge in [-0.05, 0) is 35.1 Å². The molecule has 2 rings (SSSR count). The summed E-state index contributed by atoms with van der Waals surface area (Å²) in [5.41, 5.74) is 0.0136. The number of hydrogen-bond acceptors (Lipinski definition) is 4. The Morgan fingerprint density at radius 2 is 2.25 bits per heavy atom. The molecule has 1 aromatic carbocycles. The van der Waals surface area contributed by atoms with Crippen LogP contribution in [0.1, 0.15) is 12.0 Å². The lowest BCUT2D eigenvalue weighted by Crippen LogP contribution is -2.52. The molecule has 20 heavy (non-hydrogen) atoms. The van der Waals surface area contributed by atoms with Gasteiger partial charge in [-0.3, -0.25) is 0 Å². The number of rotatable bonds is 2. The van der Waals surface area contributed by atoms with Gasteiger partial charge >= 0.3 is 0 Å². The Labute approximate surface area is 123 Å². The van der Waals surface area contributed by atoms with Crippen molar-refractivity contribution in [3.05, 3.63) is 22.2 Å². The number of alkyl halides is 2. The zero-order chi connectivity index (χ0) is 14.9. The fraction of sp³-hybridized carbons (Fsp3) is 0.462. The van der Waals surface area contributed by atoms with E-state index in [1.807, 2.05) is 6.07 Å². The molecule has 0 aliphatic carbocycles. The van der Waals surface area contributed by atoms with E-state index in [0.717, 1.165) is 0 Å². The zero-order valence-electron chi connectivity index (χ0n) is 10.7. The fourth-order valence-electron chi connectivity index (χ4n) is 2.15. The zero-order valence-corrected chi connectivity index (χ0v) is 12.3. The number of phenolic OH excluding ortho intramolecular Hbond substituents is 1. The second-order valence-electron chi connectivity index (χ2n) is 4.78. The molecule has 1 unspecified atom stereocenters. The molecule has 1 atom stereocenters. The third-order valence-corrected chi connectivity index (χ3v) is 3.84. The predicted molar refractivity (Wildman–Crippen MR) is 72.0 cm³/mol. The van der Waals surface area contributed by atoms with Crippen LogP contribution in [0.2, 0.25) is 0 Å². The Bertz CT molecular complexity index is 560. The molecule has 1 fully saturated rings. The van der Waals surface area contributed by atoms with E-state index in [2.05, 4.69) is 15.9 Å². The lowest BCUT2D eigenvalue weighted by atomic mass is 10.0. The fourth-order valence-corrected chi connectivity index (χ4v) is 2.55. The summed E-state index contributed by atoms with van der Waals surface area (Å²) >= 11 is 3.14. The average molecular weight is 347 g/mol. The molecule has 4 nitrogen and oxygen atoms in total. The van der Waals surface area contributed by atoms with E-state index in [1.165, 1.54) is 17.0 Å².